The number of rotatable bonds is 2. The molecule has 2 aliphatic rings. The van der Waals surface area contributed by atoms with E-state index in [1.54, 1.807) is 12.1 Å². The molecule has 1 aromatic heterocycles. The highest BCUT2D eigenvalue weighted by Gasteiger charge is 2.29. The van der Waals surface area contributed by atoms with Crippen molar-refractivity contribution in [1.82, 2.24) is 4.90 Å². The van der Waals surface area contributed by atoms with Crippen molar-refractivity contribution in [1.29, 1.82) is 0 Å². The number of amidine groups is 1. The number of fused-ring (bicyclic) bond motifs is 3. The number of hydrogen-bond acceptors (Lipinski definition) is 5. The second-order valence-electron chi connectivity index (χ2n) is 4.93. The van der Waals surface area contributed by atoms with Gasteiger partial charge in [0.05, 0.1) is 24.1 Å². The summed E-state index contributed by atoms with van der Waals surface area (Å²) in [6.45, 7) is 1.52. The molecule has 2 aromatic rings. The Hall–Kier alpha value is -2.82. The average molecular weight is 279 g/mol. The standard InChI is InChI=1S/C16H13N3O2/c20-14(11-5-8-21-10-11)9-15-18-13-4-2-1-3-12(13)16-17-6-7-19(15)16/h1-5,8-10,18H,6-7H2/b15-9+. The van der Waals surface area contributed by atoms with Crippen LogP contribution in [0, 0.1) is 0 Å². The largest absolute Gasteiger partial charge is 0.472 e. The van der Waals surface area contributed by atoms with Crippen molar-refractivity contribution in [2.45, 2.75) is 0 Å². The summed E-state index contributed by atoms with van der Waals surface area (Å²) in [4.78, 5) is 18.8. The molecule has 0 aliphatic carbocycles. The zero-order valence-electron chi connectivity index (χ0n) is 11.2. The minimum Gasteiger partial charge on any atom is -0.472 e. The van der Waals surface area contributed by atoms with E-state index in [-0.39, 0.29) is 5.78 Å². The van der Waals surface area contributed by atoms with Gasteiger partial charge in [-0.05, 0) is 18.2 Å². The molecule has 5 nitrogen and oxygen atoms in total. The molecule has 4 rings (SSSR count). The molecule has 1 N–H and O–H groups in total. The van der Waals surface area contributed by atoms with E-state index >= 15 is 0 Å². The highest BCUT2D eigenvalue weighted by Crippen LogP contribution is 2.29. The molecule has 0 radical (unpaired) electrons. The fourth-order valence-corrected chi connectivity index (χ4v) is 2.63. The quantitative estimate of drug-likeness (QED) is 0.678. The lowest BCUT2D eigenvalue weighted by Gasteiger charge is -2.31. The number of benzene rings is 1. The molecule has 1 aromatic carbocycles. The molecular weight excluding hydrogens is 266 g/mol. The van der Waals surface area contributed by atoms with Crippen LogP contribution in [0.3, 0.4) is 0 Å². The highest BCUT2D eigenvalue weighted by molar-refractivity contribution is 6.10. The van der Waals surface area contributed by atoms with E-state index in [0.717, 1.165) is 36.0 Å². The van der Waals surface area contributed by atoms with Crippen LogP contribution in [0.4, 0.5) is 5.69 Å². The first-order valence-corrected chi connectivity index (χ1v) is 6.79. The number of nitrogens with one attached hydrogen (secondary N) is 1. The van der Waals surface area contributed by atoms with Gasteiger partial charge in [0.1, 0.15) is 17.9 Å². The minimum atomic E-state index is -0.0862. The molecule has 0 bridgehead atoms. The van der Waals surface area contributed by atoms with Crippen molar-refractivity contribution in [2.24, 2.45) is 4.99 Å². The van der Waals surface area contributed by atoms with Crippen LogP contribution < -0.4 is 5.32 Å². The third-order valence-electron chi connectivity index (χ3n) is 3.64. The minimum absolute atomic E-state index is 0.0862. The summed E-state index contributed by atoms with van der Waals surface area (Å²) in [5, 5.41) is 3.32. The Bertz CT molecular complexity index is 760. The smallest absolute Gasteiger partial charge is 0.192 e. The van der Waals surface area contributed by atoms with Crippen LogP contribution in [0.25, 0.3) is 0 Å². The molecule has 0 saturated heterocycles. The summed E-state index contributed by atoms with van der Waals surface area (Å²) in [6.07, 6.45) is 4.55. The van der Waals surface area contributed by atoms with Gasteiger partial charge in [0.15, 0.2) is 5.78 Å². The summed E-state index contributed by atoms with van der Waals surface area (Å²) in [7, 11) is 0. The van der Waals surface area contributed by atoms with Crippen LogP contribution in [-0.2, 0) is 0 Å². The second-order valence-corrected chi connectivity index (χ2v) is 4.93. The van der Waals surface area contributed by atoms with Gasteiger partial charge < -0.3 is 14.6 Å². The van der Waals surface area contributed by atoms with Gasteiger partial charge in [0.25, 0.3) is 0 Å². The van der Waals surface area contributed by atoms with Crippen molar-refractivity contribution >= 4 is 17.3 Å². The Labute approximate surface area is 121 Å². The van der Waals surface area contributed by atoms with Gasteiger partial charge in [-0.1, -0.05) is 12.1 Å². The number of furan rings is 1. The van der Waals surface area contributed by atoms with E-state index in [1.807, 2.05) is 29.2 Å². The Kier molecular flexibility index (Phi) is 2.64. The molecule has 0 spiro atoms. The summed E-state index contributed by atoms with van der Waals surface area (Å²) in [6, 6.07) is 9.64. The number of anilines is 1. The molecule has 0 unspecified atom stereocenters. The lowest BCUT2D eigenvalue weighted by molar-refractivity contribution is 0.104. The summed E-state index contributed by atoms with van der Waals surface area (Å²) in [5.74, 6) is 1.60. The van der Waals surface area contributed by atoms with E-state index in [0.29, 0.717) is 5.56 Å². The summed E-state index contributed by atoms with van der Waals surface area (Å²) < 4.78 is 4.96. The lowest BCUT2D eigenvalue weighted by atomic mass is 10.1. The van der Waals surface area contributed by atoms with Crippen LogP contribution in [0.15, 0.2) is 64.2 Å². The molecular formula is C16H13N3O2. The molecule has 0 saturated carbocycles. The number of ketones is 1. The number of hydrogen-bond donors (Lipinski definition) is 1. The molecule has 3 heterocycles. The average Bonchev–Trinajstić information content (AvgIpc) is 3.19. The zero-order chi connectivity index (χ0) is 14.2. The Morgan fingerprint density at radius 2 is 2.24 bits per heavy atom. The molecule has 2 aliphatic heterocycles. The molecule has 0 amide bonds. The molecule has 104 valence electrons. The summed E-state index contributed by atoms with van der Waals surface area (Å²) in [5.41, 5.74) is 2.59. The normalized spacial score (nSPS) is 18.0. The van der Waals surface area contributed by atoms with Gasteiger partial charge >= 0.3 is 0 Å². The molecule has 5 heteroatoms. The number of aliphatic imine (C=N–C) groups is 1. The summed E-state index contributed by atoms with van der Waals surface area (Å²) >= 11 is 0. The maximum atomic E-state index is 12.2. The Morgan fingerprint density at radius 1 is 1.33 bits per heavy atom. The Morgan fingerprint density at radius 3 is 3.10 bits per heavy atom. The van der Waals surface area contributed by atoms with Crippen LogP contribution in [0.1, 0.15) is 15.9 Å². The Balaban J connectivity index is 1.75. The second kappa shape index (κ2) is 4.63. The number of allylic oxidation sites excluding steroid dienone is 1. The van der Waals surface area contributed by atoms with Crippen LogP contribution in [-0.4, -0.2) is 29.6 Å². The highest BCUT2D eigenvalue weighted by atomic mass is 16.3. The van der Waals surface area contributed by atoms with Gasteiger partial charge in [-0.15, -0.1) is 0 Å². The first-order valence-electron chi connectivity index (χ1n) is 6.79. The number of nitrogens with zero attached hydrogens (tertiary/aromatic N) is 2. The van der Waals surface area contributed by atoms with Crippen LogP contribution in [0.5, 0.6) is 0 Å². The van der Waals surface area contributed by atoms with Crippen molar-refractivity contribution < 1.29 is 9.21 Å². The fraction of sp³-hybridized carbons (Fsp3) is 0.125. The van der Waals surface area contributed by atoms with E-state index in [4.69, 9.17) is 4.42 Å². The molecule has 21 heavy (non-hydrogen) atoms. The monoisotopic (exact) mass is 279 g/mol. The third-order valence-corrected chi connectivity index (χ3v) is 3.64. The van der Waals surface area contributed by atoms with Crippen molar-refractivity contribution in [3.8, 4) is 0 Å². The van der Waals surface area contributed by atoms with E-state index < -0.39 is 0 Å². The number of carbonyl (C=O) groups is 1. The van der Waals surface area contributed by atoms with Gasteiger partial charge in [0, 0.05) is 18.2 Å². The number of carbonyl (C=O) groups excluding carboxylic acids is 1. The first-order chi connectivity index (χ1) is 10.3. The molecule has 0 fully saturated rings. The van der Waals surface area contributed by atoms with Gasteiger partial charge in [-0.3, -0.25) is 9.79 Å². The maximum Gasteiger partial charge on any atom is 0.192 e. The maximum absolute atomic E-state index is 12.2. The van der Waals surface area contributed by atoms with Crippen molar-refractivity contribution in [3.05, 3.63) is 65.9 Å². The van der Waals surface area contributed by atoms with E-state index in [2.05, 4.69) is 10.3 Å². The SMILES string of the molecule is O=C(/C=C1\Nc2ccccc2C2=NCCN21)c1ccoc1. The fourth-order valence-electron chi connectivity index (χ4n) is 2.63. The van der Waals surface area contributed by atoms with Crippen LogP contribution in [0.2, 0.25) is 0 Å². The predicted octanol–water partition coefficient (Wildman–Crippen LogP) is 2.49. The van der Waals surface area contributed by atoms with Crippen molar-refractivity contribution in [3.63, 3.8) is 0 Å². The van der Waals surface area contributed by atoms with Gasteiger partial charge in [-0.25, -0.2) is 0 Å². The van der Waals surface area contributed by atoms with Gasteiger partial charge in [0.2, 0.25) is 0 Å². The predicted molar refractivity (Wildman–Crippen MR) is 79.3 cm³/mol. The van der Waals surface area contributed by atoms with E-state index in [9.17, 15) is 4.79 Å². The van der Waals surface area contributed by atoms with E-state index in [1.165, 1.54) is 12.5 Å². The molecule has 0 atom stereocenters. The van der Waals surface area contributed by atoms with Crippen LogP contribution >= 0.6 is 0 Å². The van der Waals surface area contributed by atoms with Crippen molar-refractivity contribution in [2.75, 3.05) is 18.4 Å². The first kappa shape index (κ1) is 12.0. The third kappa shape index (κ3) is 1.94. The lowest BCUT2D eigenvalue weighted by Crippen LogP contribution is -2.36. The van der Waals surface area contributed by atoms with Gasteiger partial charge in [-0.2, -0.15) is 0 Å². The number of para-hydroxylation sites is 1. The topological polar surface area (TPSA) is 57.8 Å². The zero-order valence-corrected chi connectivity index (χ0v) is 11.2.